The maximum Gasteiger partial charge on any atom is 0.250 e. The number of anilines is 1. The fourth-order valence-electron chi connectivity index (χ4n) is 2.91. The second kappa shape index (κ2) is 8.26. The van der Waals surface area contributed by atoms with Crippen LogP contribution < -0.4 is 10.6 Å². The summed E-state index contributed by atoms with van der Waals surface area (Å²) in [5, 5.41) is 16.0. The van der Waals surface area contributed by atoms with Crippen molar-refractivity contribution in [3.05, 3.63) is 57.5 Å². The number of nitrogens with zero attached hydrogens (tertiary/aromatic N) is 1. The molecule has 1 aromatic carbocycles. The van der Waals surface area contributed by atoms with Crippen molar-refractivity contribution < 1.29 is 4.79 Å². The largest absolute Gasteiger partial charge is 0.323 e. The number of hydrogen-bond donors (Lipinski definition) is 2. The summed E-state index contributed by atoms with van der Waals surface area (Å²) < 4.78 is 0. The Kier molecular flexibility index (Phi) is 5.82. The minimum atomic E-state index is -0.303. The number of rotatable bonds is 3. The van der Waals surface area contributed by atoms with Gasteiger partial charge in [-0.05, 0) is 62.0 Å². The quantitative estimate of drug-likeness (QED) is 0.613. The van der Waals surface area contributed by atoms with Crippen LogP contribution in [0.5, 0.6) is 0 Å². The van der Waals surface area contributed by atoms with Crippen LogP contribution in [0.2, 0.25) is 0 Å². The highest BCUT2D eigenvalue weighted by Crippen LogP contribution is 2.37. The lowest BCUT2D eigenvalue weighted by atomic mass is 9.96. The first-order chi connectivity index (χ1) is 12.6. The Morgan fingerprint density at radius 1 is 1.27 bits per heavy atom. The molecule has 2 N–H and O–H groups in total. The number of carbonyl (C=O) groups is 1. The van der Waals surface area contributed by atoms with E-state index in [1.807, 2.05) is 31.2 Å². The Labute approximate surface area is 162 Å². The minimum absolute atomic E-state index is 0.207. The highest BCUT2D eigenvalue weighted by Gasteiger charge is 2.21. The topological polar surface area (TPSA) is 64.9 Å². The average molecular weight is 382 g/mol. The van der Waals surface area contributed by atoms with E-state index in [1.54, 1.807) is 17.4 Å². The molecule has 0 spiro atoms. The number of nitriles is 1. The number of thiocarbonyl (C=S) groups is 1. The predicted molar refractivity (Wildman–Crippen MR) is 110 cm³/mol. The number of benzene rings is 1. The molecular weight excluding hydrogens is 362 g/mol. The Bertz CT molecular complexity index is 904. The van der Waals surface area contributed by atoms with Gasteiger partial charge in [-0.2, -0.15) is 5.26 Å². The molecule has 0 saturated carbocycles. The summed E-state index contributed by atoms with van der Waals surface area (Å²) in [5.41, 5.74) is 3.92. The minimum Gasteiger partial charge on any atom is -0.323 e. The molecule has 0 atom stereocenters. The van der Waals surface area contributed by atoms with Crippen LogP contribution in [0.3, 0.4) is 0 Å². The lowest BCUT2D eigenvalue weighted by Crippen LogP contribution is -2.32. The standard InChI is InChI=1S/C20H19N3OS2/c1-13-6-8-14(9-7-13)10-11-18(24)22-20(25)23-19-16(12-21)15-4-2-3-5-17(15)26-19/h6-11H,2-5H2,1H3,(H2,22,23,24,25)/b11-10+. The van der Waals surface area contributed by atoms with Gasteiger partial charge < -0.3 is 5.32 Å². The van der Waals surface area contributed by atoms with E-state index in [4.69, 9.17) is 12.2 Å². The Balaban J connectivity index is 1.62. The van der Waals surface area contributed by atoms with Gasteiger partial charge in [0.05, 0.1) is 5.56 Å². The molecule has 0 bridgehead atoms. The van der Waals surface area contributed by atoms with E-state index in [9.17, 15) is 10.1 Å². The molecule has 0 aliphatic heterocycles. The number of hydrogen-bond acceptors (Lipinski definition) is 4. The molecule has 6 heteroatoms. The van der Waals surface area contributed by atoms with Gasteiger partial charge in [0.1, 0.15) is 11.1 Å². The number of aryl methyl sites for hydroxylation is 2. The number of carbonyl (C=O) groups excluding carboxylic acids is 1. The molecule has 0 unspecified atom stereocenters. The van der Waals surface area contributed by atoms with Gasteiger partial charge >= 0.3 is 0 Å². The lowest BCUT2D eigenvalue weighted by Gasteiger charge is -2.09. The van der Waals surface area contributed by atoms with E-state index in [0.29, 0.717) is 5.56 Å². The molecule has 1 aliphatic rings. The van der Waals surface area contributed by atoms with Crippen LogP contribution in [0.1, 0.15) is 40.0 Å². The van der Waals surface area contributed by atoms with Crippen molar-refractivity contribution in [1.29, 1.82) is 5.26 Å². The summed E-state index contributed by atoms with van der Waals surface area (Å²) in [6.45, 7) is 2.02. The van der Waals surface area contributed by atoms with Crippen molar-refractivity contribution in [1.82, 2.24) is 5.32 Å². The van der Waals surface area contributed by atoms with Crippen LogP contribution in [-0.4, -0.2) is 11.0 Å². The molecule has 26 heavy (non-hydrogen) atoms. The highest BCUT2D eigenvalue weighted by molar-refractivity contribution is 7.80. The zero-order chi connectivity index (χ0) is 18.5. The van der Waals surface area contributed by atoms with Crippen LogP contribution in [0, 0.1) is 18.3 Å². The van der Waals surface area contributed by atoms with Gasteiger partial charge in [0, 0.05) is 11.0 Å². The molecule has 4 nitrogen and oxygen atoms in total. The maximum absolute atomic E-state index is 12.0. The van der Waals surface area contributed by atoms with Crippen LogP contribution in [0.25, 0.3) is 6.08 Å². The first-order valence-electron chi connectivity index (χ1n) is 8.48. The van der Waals surface area contributed by atoms with E-state index in [1.165, 1.54) is 16.5 Å². The molecule has 1 aromatic heterocycles. The molecule has 2 aromatic rings. The second-order valence-corrected chi connectivity index (χ2v) is 7.73. The van der Waals surface area contributed by atoms with E-state index >= 15 is 0 Å². The number of thiophene rings is 1. The van der Waals surface area contributed by atoms with Gasteiger partial charge in [0.2, 0.25) is 5.91 Å². The average Bonchev–Trinajstić information content (AvgIpc) is 2.97. The van der Waals surface area contributed by atoms with Crippen molar-refractivity contribution in [2.45, 2.75) is 32.6 Å². The van der Waals surface area contributed by atoms with Gasteiger partial charge in [-0.3, -0.25) is 10.1 Å². The van der Waals surface area contributed by atoms with Gasteiger partial charge in [-0.1, -0.05) is 29.8 Å². The molecule has 1 amide bonds. The third kappa shape index (κ3) is 4.37. The molecule has 132 valence electrons. The fourth-order valence-corrected chi connectivity index (χ4v) is 4.42. The second-order valence-electron chi connectivity index (χ2n) is 6.21. The monoisotopic (exact) mass is 381 g/mol. The molecule has 3 rings (SSSR count). The van der Waals surface area contributed by atoms with Crippen molar-refractivity contribution >= 4 is 45.7 Å². The summed E-state index contributed by atoms with van der Waals surface area (Å²) >= 11 is 6.79. The lowest BCUT2D eigenvalue weighted by molar-refractivity contribution is -0.115. The predicted octanol–water partition coefficient (Wildman–Crippen LogP) is 4.33. The summed E-state index contributed by atoms with van der Waals surface area (Å²) in [4.78, 5) is 13.3. The molecule has 0 radical (unpaired) electrons. The van der Waals surface area contributed by atoms with Crippen LogP contribution in [0.4, 0.5) is 5.00 Å². The van der Waals surface area contributed by atoms with Crippen molar-refractivity contribution in [3.63, 3.8) is 0 Å². The normalized spacial score (nSPS) is 13.1. The van der Waals surface area contributed by atoms with Gasteiger partial charge in [-0.25, -0.2) is 0 Å². The first-order valence-corrected chi connectivity index (χ1v) is 9.70. The Morgan fingerprint density at radius 2 is 2.00 bits per heavy atom. The van der Waals surface area contributed by atoms with Crippen LogP contribution in [-0.2, 0) is 17.6 Å². The number of fused-ring (bicyclic) bond motifs is 1. The molecule has 0 fully saturated rings. The number of nitrogens with one attached hydrogen (secondary N) is 2. The van der Waals surface area contributed by atoms with Crippen LogP contribution in [0.15, 0.2) is 30.3 Å². The third-order valence-electron chi connectivity index (χ3n) is 4.25. The maximum atomic E-state index is 12.0. The summed E-state index contributed by atoms with van der Waals surface area (Å²) in [6, 6.07) is 10.2. The zero-order valence-electron chi connectivity index (χ0n) is 14.5. The van der Waals surface area contributed by atoms with E-state index in [0.717, 1.165) is 41.8 Å². The number of amides is 1. The molecule has 1 heterocycles. The van der Waals surface area contributed by atoms with E-state index in [-0.39, 0.29) is 11.0 Å². The van der Waals surface area contributed by atoms with Crippen molar-refractivity contribution in [3.8, 4) is 6.07 Å². The van der Waals surface area contributed by atoms with Crippen molar-refractivity contribution in [2.75, 3.05) is 5.32 Å². The SMILES string of the molecule is Cc1ccc(/C=C/C(=O)NC(=S)Nc2sc3c(c2C#N)CCCC3)cc1. The Morgan fingerprint density at radius 3 is 2.73 bits per heavy atom. The molecule has 0 saturated heterocycles. The van der Waals surface area contributed by atoms with Crippen LogP contribution >= 0.6 is 23.6 Å². The summed E-state index contributed by atoms with van der Waals surface area (Å²) in [5.74, 6) is -0.303. The fraction of sp³-hybridized carbons (Fsp3) is 0.250. The van der Waals surface area contributed by atoms with Gasteiger partial charge in [0.15, 0.2) is 5.11 Å². The summed E-state index contributed by atoms with van der Waals surface area (Å²) in [6.07, 6.45) is 7.40. The van der Waals surface area contributed by atoms with Crippen molar-refractivity contribution in [2.24, 2.45) is 0 Å². The smallest absolute Gasteiger partial charge is 0.250 e. The highest BCUT2D eigenvalue weighted by atomic mass is 32.1. The van der Waals surface area contributed by atoms with E-state index in [2.05, 4.69) is 16.7 Å². The molecule has 1 aliphatic carbocycles. The van der Waals surface area contributed by atoms with Gasteiger partial charge in [-0.15, -0.1) is 11.3 Å². The zero-order valence-corrected chi connectivity index (χ0v) is 16.1. The molecular formula is C20H19N3OS2. The first kappa shape index (κ1) is 18.3. The Hall–Kier alpha value is -2.49. The summed E-state index contributed by atoms with van der Waals surface area (Å²) in [7, 11) is 0. The van der Waals surface area contributed by atoms with Gasteiger partial charge in [0.25, 0.3) is 0 Å². The third-order valence-corrected chi connectivity index (χ3v) is 5.66. The van der Waals surface area contributed by atoms with E-state index < -0.39 is 0 Å².